The Morgan fingerprint density at radius 2 is 2.05 bits per heavy atom. The topological polar surface area (TPSA) is 64.2 Å². The lowest BCUT2D eigenvalue weighted by atomic mass is 9.89. The van der Waals surface area contributed by atoms with Crippen LogP contribution in [-0.2, 0) is 7.05 Å². The fourth-order valence-corrected chi connectivity index (χ4v) is 3.10. The summed E-state index contributed by atoms with van der Waals surface area (Å²) in [6, 6.07) is 12.1. The van der Waals surface area contributed by atoms with Gasteiger partial charge in [-0.15, -0.1) is 0 Å². The van der Waals surface area contributed by atoms with Crippen molar-refractivity contribution in [3.8, 4) is 0 Å². The molecule has 5 heteroatoms. The molecule has 0 saturated carbocycles. The Kier molecular flexibility index (Phi) is 3.75. The van der Waals surface area contributed by atoms with Crippen LogP contribution < -0.4 is 5.73 Å². The van der Waals surface area contributed by atoms with Gasteiger partial charge < -0.3 is 10.6 Å². The number of hydrogen-bond donors (Lipinski definition) is 1. The second-order valence-electron chi connectivity index (χ2n) is 5.56. The number of nitrogens with zero attached hydrogens (tertiary/aromatic N) is 3. The van der Waals surface area contributed by atoms with E-state index in [0.29, 0.717) is 30.6 Å². The highest BCUT2D eigenvalue weighted by Gasteiger charge is 2.36. The van der Waals surface area contributed by atoms with Crippen LogP contribution in [0.4, 0.5) is 0 Å². The van der Waals surface area contributed by atoms with Crippen LogP contribution in [-0.4, -0.2) is 40.2 Å². The number of aromatic nitrogens is 2. The van der Waals surface area contributed by atoms with Crippen LogP contribution in [0, 0.1) is 5.92 Å². The molecule has 21 heavy (non-hydrogen) atoms. The maximum atomic E-state index is 12.6. The minimum Gasteiger partial charge on any atom is -0.336 e. The Morgan fingerprint density at radius 3 is 2.67 bits per heavy atom. The van der Waals surface area contributed by atoms with Crippen molar-refractivity contribution in [3.63, 3.8) is 0 Å². The standard InChI is InChI=1S/C16H20N4O/c1-19-15(7-8-18-19)16(21)20-10-13(9-17)14(11-20)12-5-3-2-4-6-12/h2-8,13-14H,9-11,17H2,1H3/t13-,14+/m1/s1. The molecular weight excluding hydrogens is 264 g/mol. The number of carbonyl (C=O) groups excluding carboxylic acids is 1. The Bertz CT molecular complexity index is 622. The summed E-state index contributed by atoms with van der Waals surface area (Å²) in [4.78, 5) is 14.5. The van der Waals surface area contributed by atoms with Crippen molar-refractivity contribution in [3.05, 3.63) is 53.9 Å². The van der Waals surface area contributed by atoms with Gasteiger partial charge in [-0.3, -0.25) is 9.48 Å². The Balaban J connectivity index is 1.81. The number of nitrogens with two attached hydrogens (primary N) is 1. The van der Waals surface area contributed by atoms with Crippen LogP contribution in [0.3, 0.4) is 0 Å². The van der Waals surface area contributed by atoms with Crippen molar-refractivity contribution in [1.82, 2.24) is 14.7 Å². The van der Waals surface area contributed by atoms with Gasteiger partial charge in [-0.2, -0.15) is 5.10 Å². The largest absolute Gasteiger partial charge is 0.336 e. The van der Waals surface area contributed by atoms with E-state index in [4.69, 9.17) is 5.73 Å². The highest BCUT2D eigenvalue weighted by Crippen LogP contribution is 2.32. The van der Waals surface area contributed by atoms with Crippen LogP contribution in [0.5, 0.6) is 0 Å². The van der Waals surface area contributed by atoms with E-state index in [2.05, 4.69) is 17.2 Å². The molecule has 2 aromatic rings. The second kappa shape index (κ2) is 5.69. The predicted octanol–water partition coefficient (Wildman–Crippen LogP) is 1.23. The highest BCUT2D eigenvalue weighted by atomic mass is 16.2. The number of amides is 1. The molecule has 1 saturated heterocycles. The zero-order chi connectivity index (χ0) is 14.8. The molecule has 5 nitrogen and oxygen atoms in total. The molecule has 1 aliphatic heterocycles. The van der Waals surface area contributed by atoms with Crippen molar-refractivity contribution in [2.75, 3.05) is 19.6 Å². The summed E-state index contributed by atoms with van der Waals surface area (Å²) >= 11 is 0. The number of hydrogen-bond acceptors (Lipinski definition) is 3. The van der Waals surface area contributed by atoms with E-state index in [1.165, 1.54) is 5.56 Å². The van der Waals surface area contributed by atoms with Gasteiger partial charge in [-0.25, -0.2) is 0 Å². The average Bonchev–Trinajstić information content (AvgIpc) is 3.13. The van der Waals surface area contributed by atoms with E-state index in [0.717, 1.165) is 6.54 Å². The van der Waals surface area contributed by atoms with Crippen LogP contribution >= 0.6 is 0 Å². The van der Waals surface area contributed by atoms with Crippen molar-refractivity contribution in [2.24, 2.45) is 18.7 Å². The van der Waals surface area contributed by atoms with Crippen LogP contribution in [0.1, 0.15) is 22.0 Å². The van der Waals surface area contributed by atoms with Crippen molar-refractivity contribution < 1.29 is 4.79 Å². The van der Waals surface area contributed by atoms with Gasteiger partial charge in [-0.1, -0.05) is 30.3 Å². The van der Waals surface area contributed by atoms with E-state index >= 15 is 0 Å². The molecule has 1 amide bonds. The highest BCUT2D eigenvalue weighted by molar-refractivity contribution is 5.92. The summed E-state index contributed by atoms with van der Waals surface area (Å²) in [6.45, 7) is 2.02. The van der Waals surface area contributed by atoms with Crippen molar-refractivity contribution in [1.29, 1.82) is 0 Å². The molecule has 2 N–H and O–H groups in total. The van der Waals surface area contributed by atoms with Gasteiger partial charge in [0, 0.05) is 32.3 Å². The Labute approximate surface area is 124 Å². The van der Waals surface area contributed by atoms with Crippen LogP contribution in [0.25, 0.3) is 0 Å². The lowest BCUT2D eigenvalue weighted by Gasteiger charge is -2.16. The summed E-state index contributed by atoms with van der Waals surface area (Å²) in [5.41, 5.74) is 7.80. The number of aryl methyl sites for hydroxylation is 1. The quantitative estimate of drug-likeness (QED) is 0.922. The van der Waals surface area contributed by atoms with E-state index in [9.17, 15) is 4.79 Å². The van der Waals surface area contributed by atoms with Gasteiger partial charge in [0.1, 0.15) is 5.69 Å². The summed E-state index contributed by atoms with van der Waals surface area (Å²) in [5, 5.41) is 4.07. The molecule has 0 unspecified atom stereocenters. The molecule has 2 heterocycles. The van der Waals surface area contributed by atoms with E-state index < -0.39 is 0 Å². The maximum absolute atomic E-state index is 12.6. The summed E-state index contributed by atoms with van der Waals surface area (Å²) in [5.74, 6) is 0.657. The third-order valence-electron chi connectivity index (χ3n) is 4.30. The zero-order valence-corrected chi connectivity index (χ0v) is 12.1. The molecule has 110 valence electrons. The molecule has 2 atom stereocenters. The van der Waals surface area contributed by atoms with Gasteiger partial charge in [-0.05, 0) is 24.1 Å². The monoisotopic (exact) mass is 284 g/mol. The van der Waals surface area contributed by atoms with E-state index in [-0.39, 0.29) is 5.91 Å². The first kappa shape index (κ1) is 13.8. The summed E-state index contributed by atoms with van der Waals surface area (Å²) in [7, 11) is 1.79. The molecule has 1 aromatic heterocycles. The van der Waals surface area contributed by atoms with Crippen LogP contribution in [0.2, 0.25) is 0 Å². The molecule has 0 bridgehead atoms. The van der Waals surface area contributed by atoms with Gasteiger partial charge >= 0.3 is 0 Å². The van der Waals surface area contributed by atoms with Gasteiger partial charge in [0.05, 0.1) is 0 Å². The van der Waals surface area contributed by atoms with Crippen molar-refractivity contribution in [2.45, 2.75) is 5.92 Å². The summed E-state index contributed by atoms with van der Waals surface area (Å²) in [6.07, 6.45) is 1.65. The predicted molar refractivity (Wildman–Crippen MR) is 80.8 cm³/mol. The van der Waals surface area contributed by atoms with E-state index in [1.54, 1.807) is 24.0 Å². The van der Waals surface area contributed by atoms with Gasteiger partial charge in [0.2, 0.25) is 0 Å². The molecule has 1 fully saturated rings. The Morgan fingerprint density at radius 1 is 1.29 bits per heavy atom. The molecule has 1 aromatic carbocycles. The second-order valence-corrected chi connectivity index (χ2v) is 5.56. The fourth-order valence-electron chi connectivity index (χ4n) is 3.10. The van der Waals surface area contributed by atoms with E-state index in [1.807, 2.05) is 23.1 Å². The molecule has 0 radical (unpaired) electrons. The first-order chi connectivity index (χ1) is 10.2. The maximum Gasteiger partial charge on any atom is 0.272 e. The van der Waals surface area contributed by atoms with Gasteiger partial charge in [0.15, 0.2) is 0 Å². The lowest BCUT2D eigenvalue weighted by Crippen LogP contribution is -2.31. The third-order valence-corrected chi connectivity index (χ3v) is 4.30. The third kappa shape index (κ3) is 2.56. The Hall–Kier alpha value is -2.14. The fraction of sp³-hybridized carbons (Fsp3) is 0.375. The molecule has 3 rings (SSSR count). The number of rotatable bonds is 3. The lowest BCUT2D eigenvalue weighted by molar-refractivity contribution is 0.0775. The first-order valence-corrected chi connectivity index (χ1v) is 7.23. The number of carbonyl (C=O) groups is 1. The van der Waals surface area contributed by atoms with Crippen molar-refractivity contribution >= 4 is 5.91 Å². The summed E-state index contributed by atoms with van der Waals surface area (Å²) < 4.78 is 1.62. The SMILES string of the molecule is Cn1nccc1C(=O)N1C[C@@H](CN)[C@H](c2ccccc2)C1. The molecular formula is C16H20N4O. The molecule has 1 aliphatic rings. The number of likely N-dealkylation sites (tertiary alicyclic amines) is 1. The van der Waals surface area contributed by atoms with Crippen LogP contribution in [0.15, 0.2) is 42.6 Å². The number of benzene rings is 1. The molecule has 0 aliphatic carbocycles. The minimum atomic E-state index is 0.0341. The smallest absolute Gasteiger partial charge is 0.272 e. The zero-order valence-electron chi connectivity index (χ0n) is 12.1. The first-order valence-electron chi connectivity index (χ1n) is 7.23. The minimum absolute atomic E-state index is 0.0341. The van der Waals surface area contributed by atoms with Gasteiger partial charge in [0.25, 0.3) is 5.91 Å². The average molecular weight is 284 g/mol. The normalized spacial score (nSPS) is 21.7. The molecule has 0 spiro atoms.